The van der Waals surface area contributed by atoms with E-state index in [2.05, 4.69) is 31.0 Å². The summed E-state index contributed by atoms with van der Waals surface area (Å²) in [6.45, 7) is 4.10. The first-order chi connectivity index (χ1) is 10.7. The molecule has 112 valence electrons. The lowest BCUT2D eigenvalue weighted by molar-refractivity contribution is 0.112. The Morgan fingerprint density at radius 3 is 2.68 bits per heavy atom. The summed E-state index contributed by atoms with van der Waals surface area (Å²) >= 11 is 0. The number of H-pyrrole nitrogens is 1. The summed E-state index contributed by atoms with van der Waals surface area (Å²) in [4.78, 5) is 15.0. The molecule has 0 saturated heterocycles. The van der Waals surface area contributed by atoms with E-state index < -0.39 is 0 Å². The quantitative estimate of drug-likeness (QED) is 0.562. The number of allylic oxidation sites excluding steroid dienone is 2. The molecule has 0 aliphatic heterocycles. The van der Waals surface area contributed by atoms with E-state index in [0.717, 1.165) is 39.4 Å². The number of hydrogen-bond donors (Lipinski definition) is 1. The minimum Gasteiger partial charge on any atom is -0.494 e. The summed E-state index contributed by atoms with van der Waals surface area (Å²) in [5.74, 6) is 0.758. The van der Waals surface area contributed by atoms with Gasteiger partial charge in [0.05, 0.1) is 12.6 Å². The summed E-state index contributed by atoms with van der Waals surface area (Å²) in [6, 6.07) is 10.0. The second kappa shape index (κ2) is 5.68. The van der Waals surface area contributed by atoms with Gasteiger partial charge in [-0.3, -0.25) is 4.79 Å². The molecule has 3 aromatic rings. The van der Waals surface area contributed by atoms with Gasteiger partial charge in [0, 0.05) is 27.4 Å². The Hall–Kier alpha value is -2.55. The Balaban J connectivity index is 2.37. The molecule has 1 heterocycles. The molecular formula is C19H19NO2. The van der Waals surface area contributed by atoms with Crippen LogP contribution in [-0.2, 0) is 6.42 Å². The third-order valence-corrected chi connectivity index (χ3v) is 3.94. The molecular weight excluding hydrogens is 274 g/mol. The minimum absolute atomic E-state index is 0.685. The maximum Gasteiger partial charge on any atom is 0.150 e. The summed E-state index contributed by atoms with van der Waals surface area (Å²) in [7, 11) is 1.65. The van der Waals surface area contributed by atoms with Gasteiger partial charge in [0.25, 0.3) is 0 Å². The number of carbonyl (C=O) groups excluding carboxylic acids is 1. The van der Waals surface area contributed by atoms with Gasteiger partial charge >= 0.3 is 0 Å². The Labute approximate surface area is 129 Å². The number of methoxy groups -OCH3 is 1. The third kappa shape index (κ3) is 2.29. The summed E-state index contributed by atoms with van der Waals surface area (Å²) in [5, 5.41) is 2.13. The van der Waals surface area contributed by atoms with Crippen LogP contribution in [0.5, 0.6) is 5.75 Å². The van der Waals surface area contributed by atoms with Crippen LogP contribution in [0.25, 0.3) is 21.8 Å². The predicted molar refractivity (Wildman–Crippen MR) is 90.9 cm³/mol. The molecule has 3 nitrogen and oxygen atoms in total. The third-order valence-electron chi connectivity index (χ3n) is 3.94. The molecule has 3 heteroatoms. The van der Waals surface area contributed by atoms with Crippen molar-refractivity contribution in [2.24, 2.45) is 0 Å². The largest absolute Gasteiger partial charge is 0.494 e. The van der Waals surface area contributed by atoms with Gasteiger partial charge in [0.2, 0.25) is 0 Å². The fourth-order valence-electron chi connectivity index (χ4n) is 2.86. The van der Waals surface area contributed by atoms with Crippen LogP contribution in [-0.4, -0.2) is 18.4 Å². The van der Waals surface area contributed by atoms with Gasteiger partial charge in [-0.05, 0) is 32.4 Å². The zero-order valence-electron chi connectivity index (χ0n) is 13.1. The van der Waals surface area contributed by atoms with Gasteiger partial charge in [0.1, 0.15) is 5.75 Å². The van der Waals surface area contributed by atoms with Gasteiger partial charge in [-0.2, -0.15) is 0 Å². The van der Waals surface area contributed by atoms with Crippen molar-refractivity contribution in [2.45, 2.75) is 20.3 Å². The van der Waals surface area contributed by atoms with Crippen molar-refractivity contribution in [3.63, 3.8) is 0 Å². The lowest BCUT2D eigenvalue weighted by Crippen LogP contribution is -1.98. The molecule has 0 bridgehead atoms. The van der Waals surface area contributed by atoms with E-state index in [1.54, 1.807) is 7.11 Å². The molecule has 0 radical (unpaired) electrons. The normalized spacial score (nSPS) is 10.9. The van der Waals surface area contributed by atoms with E-state index in [-0.39, 0.29) is 0 Å². The topological polar surface area (TPSA) is 42.1 Å². The zero-order chi connectivity index (χ0) is 15.7. The number of carbonyl (C=O) groups is 1. The highest BCUT2D eigenvalue weighted by Gasteiger charge is 2.16. The van der Waals surface area contributed by atoms with Crippen LogP contribution in [0.4, 0.5) is 0 Å². The molecule has 1 N–H and O–H groups in total. The smallest absolute Gasteiger partial charge is 0.150 e. The highest BCUT2D eigenvalue weighted by molar-refractivity contribution is 6.11. The van der Waals surface area contributed by atoms with E-state index in [1.165, 1.54) is 5.57 Å². The van der Waals surface area contributed by atoms with Gasteiger partial charge in [-0.25, -0.2) is 0 Å². The van der Waals surface area contributed by atoms with Gasteiger partial charge in [0.15, 0.2) is 6.29 Å². The fraction of sp³-hybridized carbons (Fsp3) is 0.211. The molecule has 0 amide bonds. The molecule has 0 aliphatic rings. The number of hydrogen-bond acceptors (Lipinski definition) is 2. The Bertz CT molecular complexity index is 883. The van der Waals surface area contributed by atoms with Gasteiger partial charge < -0.3 is 9.72 Å². The number of nitrogens with one attached hydrogen (secondary N) is 1. The lowest BCUT2D eigenvalue weighted by atomic mass is 9.99. The second-order valence-corrected chi connectivity index (χ2v) is 5.67. The SMILES string of the molecule is COc1c(CC=C(C)C)c(C=O)cc2c1[nH]c1ccccc12. The van der Waals surface area contributed by atoms with Crippen molar-refractivity contribution in [3.05, 3.63) is 53.1 Å². The van der Waals surface area contributed by atoms with Gasteiger partial charge in [-0.1, -0.05) is 29.8 Å². The Morgan fingerprint density at radius 1 is 1.23 bits per heavy atom. The number of aromatic amines is 1. The first kappa shape index (κ1) is 14.4. The lowest BCUT2D eigenvalue weighted by Gasteiger charge is -2.11. The monoisotopic (exact) mass is 293 g/mol. The molecule has 1 aromatic heterocycles. The van der Waals surface area contributed by atoms with E-state index >= 15 is 0 Å². The maximum absolute atomic E-state index is 11.6. The van der Waals surface area contributed by atoms with E-state index in [4.69, 9.17) is 4.74 Å². The molecule has 0 fully saturated rings. The molecule has 3 rings (SSSR count). The fourth-order valence-corrected chi connectivity index (χ4v) is 2.86. The van der Waals surface area contributed by atoms with Crippen molar-refractivity contribution in [1.29, 1.82) is 0 Å². The molecule has 0 spiro atoms. The van der Waals surface area contributed by atoms with Crippen LogP contribution in [0.15, 0.2) is 42.0 Å². The first-order valence-corrected chi connectivity index (χ1v) is 7.34. The van der Waals surface area contributed by atoms with Crippen molar-refractivity contribution in [1.82, 2.24) is 4.98 Å². The van der Waals surface area contributed by atoms with Gasteiger partial charge in [-0.15, -0.1) is 0 Å². The minimum atomic E-state index is 0.685. The van der Waals surface area contributed by atoms with E-state index in [1.807, 2.05) is 24.3 Å². The van der Waals surface area contributed by atoms with Crippen molar-refractivity contribution in [2.75, 3.05) is 7.11 Å². The molecule has 0 unspecified atom stereocenters. The number of ether oxygens (including phenoxy) is 1. The van der Waals surface area contributed by atoms with E-state index in [9.17, 15) is 4.79 Å². The van der Waals surface area contributed by atoms with Crippen LogP contribution in [0, 0.1) is 0 Å². The predicted octanol–water partition coefficient (Wildman–Crippen LogP) is 4.65. The average Bonchev–Trinajstić information content (AvgIpc) is 2.89. The van der Waals surface area contributed by atoms with Crippen LogP contribution < -0.4 is 4.74 Å². The molecule has 0 atom stereocenters. The van der Waals surface area contributed by atoms with Crippen LogP contribution >= 0.6 is 0 Å². The van der Waals surface area contributed by atoms with Crippen LogP contribution in [0.1, 0.15) is 29.8 Å². The van der Waals surface area contributed by atoms with Crippen LogP contribution in [0.3, 0.4) is 0 Å². The summed E-state index contributed by atoms with van der Waals surface area (Å²) in [5.41, 5.74) is 4.83. The number of aldehydes is 1. The average molecular weight is 293 g/mol. The number of fused-ring (bicyclic) bond motifs is 3. The highest BCUT2D eigenvalue weighted by atomic mass is 16.5. The first-order valence-electron chi connectivity index (χ1n) is 7.34. The highest BCUT2D eigenvalue weighted by Crippen LogP contribution is 2.36. The Kier molecular flexibility index (Phi) is 3.72. The van der Waals surface area contributed by atoms with Crippen molar-refractivity contribution < 1.29 is 9.53 Å². The number of aromatic nitrogens is 1. The zero-order valence-corrected chi connectivity index (χ0v) is 13.1. The maximum atomic E-state index is 11.6. The van der Waals surface area contributed by atoms with Crippen molar-refractivity contribution in [3.8, 4) is 5.75 Å². The summed E-state index contributed by atoms with van der Waals surface area (Å²) in [6.07, 6.45) is 3.71. The number of rotatable bonds is 4. The Morgan fingerprint density at radius 2 is 2.00 bits per heavy atom. The molecule has 0 saturated carbocycles. The molecule has 2 aromatic carbocycles. The molecule has 22 heavy (non-hydrogen) atoms. The standard InChI is InChI=1S/C19H19NO2/c1-12(2)8-9-14-13(11-21)10-16-15-6-4-5-7-17(15)20-18(16)19(14)22-3/h4-8,10-11,20H,9H2,1-3H3. The van der Waals surface area contributed by atoms with Crippen molar-refractivity contribution >= 4 is 28.1 Å². The van der Waals surface area contributed by atoms with E-state index in [0.29, 0.717) is 12.0 Å². The number of para-hydroxylation sites is 1. The molecule has 0 aliphatic carbocycles. The summed E-state index contributed by atoms with van der Waals surface area (Å²) < 4.78 is 5.64. The van der Waals surface area contributed by atoms with Crippen LogP contribution in [0.2, 0.25) is 0 Å². The second-order valence-electron chi connectivity index (χ2n) is 5.67. The number of benzene rings is 2.